The average Bonchev–Trinajstić information content (AvgIpc) is 2.56. The van der Waals surface area contributed by atoms with Crippen LogP contribution in [0.2, 0.25) is 0 Å². The van der Waals surface area contributed by atoms with E-state index < -0.39 is 0 Å². The van der Waals surface area contributed by atoms with Crippen molar-refractivity contribution in [3.05, 3.63) is 52.0 Å². The Balaban J connectivity index is 2.02. The van der Waals surface area contributed by atoms with Gasteiger partial charge >= 0.3 is 0 Å². The molecule has 0 aliphatic carbocycles. The van der Waals surface area contributed by atoms with Crippen molar-refractivity contribution in [3.63, 3.8) is 0 Å². The van der Waals surface area contributed by atoms with Crippen LogP contribution in [0, 0.1) is 18.3 Å². The summed E-state index contributed by atoms with van der Waals surface area (Å²) < 4.78 is 11.8. The Morgan fingerprint density at radius 3 is 2.67 bits per heavy atom. The molecule has 1 N–H and O–H groups in total. The molecule has 5 nitrogen and oxygen atoms in total. The molecule has 124 valence electrons. The molecule has 0 aromatic heterocycles. The van der Waals surface area contributed by atoms with Crippen LogP contribution in [0.15, 0.2) is 40.9 Å². The largest absolute Gasteiger partial charge is 0.490 e. The van der Waals surface area contributed by atoms with Crippen molar-refractivity contribution in [2.75, 3.05) is 18.5 Å². The highest BCUT2D eigenvalue weighted by Crippen LogP contribution is 2.28. The van der Waals surface area contributed by atoms with E-state index in [1.54, 1.807) is 18.2 Å². The summed E-state index contributed by atoms with van der Waals surface area (Å²) in [7, 11) is 0. The minimum atomic E-state index is -0.286. The number of rotatable bonds is 6. The summed E-state index contributed by atoms with van der Waals surface area (Å²) in [5.74, 6) is 0.584. The zero-order valence-corrected chi connectivity index (χ0v) is 15.0. The highest BCUT2D eigenvalue weighted by molar-refractivity contribution is 9.10. The van der Waals surface area contributed by atoms with E-state index in [4.69, 9.17) is 14.7 Å². The number of halogens is 1. The van der Waals surface area contributed by atoms with Gasteiger partial charge in [0.1, 0.15) is 0 Å². The lowest BCUT2D eigenvalue weighted by atomic mass is 10.2. The molecule has 0 bridgehead atoms. The minimum absolute atomic E-state index is 0.160. The number of benzene rings is 2. The molecule has 2 aromatic carbocycles. The Kier molecular flexibility index (Phi) is 6.21. The predicted octanol–water partition coefficient (Wildman–Crippen LogP) is 4.05. The molecule has 0 aliphatic rings. The van der Waals surface area contributed by atoms with Gasteiger partial charge in [0.05, 0.1) is 23.9 Å². The quantitative estimate of drug-likeness (QED) is 0.809. The van der Waals surface area contributed by atoms with Gasteiger partial charge in [-0.05, 0) is 59.6 Å². The van der Waals surface area contributed by atoms with Crippen LogP contribution >= 0.6 is 15.9 Å². The zero-order chi connectivity index (χ0) is 17.5. The maximum Gasteiger partial charge on any atom is 0.262 e. The monoisotopic (exact) mass is 388 g/mol. The van der Waals surface area contributed by atoms with E-state index in [0.29, 0.717) is 29.4 Å². The number of aryl methyl sites for hydroxylation is 1. The SMILES string of the molecule is CCOc1cc(C#N)ccc1OCC(=O)Nc1ccc(C)cc1Br. The van der Waals surface area contributed by atoms with Crippen molar-refractivity contribution >= 4 is 27.5 Å². The molecule has 2 aromatic rings. The number of amides is 1. The Bertz CT molecular complexity index is 784. The molecule has 0 aliphatic heterocycles. The second-order valence-corrected chi connectivity index (χ2v) is 5.88. The number of carbonyl (C=O) groups excluding carboxylic acids is 1. The number of hydrogen-bond acceptors (Lipinski definition) is 4. The van der Waals surface area contributed by atoms with Crippen LogP contribution in [0.3, 0.4) is 0 Å². The summed E-state index contributed by atoms with van der Waals surface area (Å²) in [4.78, 5) is 12.1. The normalized spacial score (nSPS) is 9.92. The van der Waals surface area contributed by atoms with Crippen molar-refractivity contribution in [2.24, 2.45) is 0 Å². The average molecular weight is 389 g/mol. The molecule has 24 heavy (non-hydrogen) atoms. The van der Waals surface area contributed by atoms with Gasteiger partial charge in [0, 0.05) is 10.5 Å². The summed E-state index contributed by atoms with van der Waals surface area (Å²) in [5, 5.41) is 11.7. The van der Waals surface area contributed by atoms with Gasteiger partial charge in [0.25, 0.3) is 5.91 Å². The molecule has 0 saturated heterocycles. The van der Waals surface area contributed by atoms with Gasteiger partial charge < -0.3 is 14.8 Å². The van der Waals surface area contributed by atoms with Gasteiger partial charge in [-0.2, -0.15) is 5.26 Å². The Labute approximate surface area is 149 Å². The van der Waals surface area contributed by atoms with E-state index in [1.807, 2.05) is 38.1 Å². The third-order valence-corrected chi connectivity index (χ3v) is 3.79. The first-order valence-electron chi connectivity index (χ1n) is 7.39. The zero-order valence-electron chi connectivity index (χ0n) is 13.4. The van der Waals surface area contributed by atoms with Gasteiger partial charge in [-0.1, -0.05) is 6.07 Å². The number of nitrogens with zero attached hydrogens (tertiary/aromatic N) is 1. The first-order chi connectivity index (χ1) is 11.5. The van der Waals surface area contributed by atoms with Crippen LogP contribution in [0.25, 0.3) is 0 Å². The Morgan fingerprint density at radius 1 is 1.21 bits per heavy atom. The van der Waals surface area contributed by atoms with Crippen LogP contribution < -0.4 is 14.8 Å². The Hall–Kier alpha value is -2.52. The highest BCUT2D eigenvalue weighted by Gasteiger charge is 2.10. The molecule has 0 atom stereocenters. The van der Waals surface area contributed by atoms with Gasteiger partial charge in [0.15, 0.2) is 18.1 Å². The molecule has 0 unspecified atom stereocenters. The van der Waals surface area contributed by atoms with Crippen LogP contribution in [0.4, 0.5) is 5.69 Å². The first-order valence-corrected chi connectivity index (χ1v) is 8.18. The summed E-state index contributed by atoms with van der Waals surface area (Å²) >= 11 is 3.41. The lowest BCUT2D eigenvalue weighted by Gasteiger charge is -2.12. The van der Waals surface area contributed by atoms with E-state index in [2.05, 4.69) is 21.2 Å². The molecule has 0 saturated carbocycles. The molecule has 0 heterocycles. The lowest BCUT2D eigenvalue weighted by Crippen LogP contribution is -2.20. The summed E-state index contributed by atoms with van der Waals surface area (Å²) in [6.07, 6.45) is 0. The topological polar surface area (TPSA) is 71.3 Å². The fraction of sp³-hybridized carbons (Fsp3) is 0.222. The maximum absolute atomic E-state index is 12.1. The van der Waals surface area contributed by atoms with Gasteiger partial charge in [-0.3, -0.25) is 4.79 Å². The Morgan fingerprint density at radius 2 is 2.00 bits per heavy atom. The molecular weight excluding hydrogens is 372 g/mol. The molecular formula is C18H17BrN2O3. The number of anilines is 1. The van der Waals surface area contributed by atoms with Crippen molar-refractivity contribution in [2.45, 2.75) is 13.8 Å². The second kappa shape index (κ2) is 8.37. The number of hydrogen-bond donors (Lipinski definition) is 1. The predicted molar refractivity (Wildman–Crippen MR) is 95.3 cm³/mol. The first kappa shape index (κ1) is 17.8. The van der Waals surface area contributed by atoms with Crippen LogP contribution in [0.5, 0.6) is 11.5 Å². The fourth-order valence-electron chi connectivity index (χ4n) is 2.02. The third kappa shape index (κ3) is 4.74. The van der Waals surface area contributed by atoms with E-state index in [9.17, 15) is 4.79 Å². The van der Waals surface area contributed by atoms with Crippen molar-refractivity contribution in [1.29, 1.82) is 5.26 Å². The smallest absolute Gasteiger partial charge is 0.262 e. The van der Waals surface area contributed by atoms with E-state index >= 15 is 0 Å². The van der Waals surface area contributed by atoms with Crippen molar-refractivity contribution in [1.82, 2.24) is 0 Å². The van der Waals surface area contributed by atoms with E-state index in [0.717, 1.165) is 10.0 Å². The number of nitriles is 1. The summed E-state index contributed by atoms with van der Waals surface area (Å²) in [6.45, 7) is 4.09. The third-order valence-electron chi connectivity index (χ3n) is 3.13. The van der Waals surface area contributed by atoms with Crippen molar-refractivity contribution in [3.8, 4) is 17.6 Å². The molecule has 0 spiro atoms. The highest BCUT2D eigenvalue weighted by atomic mass is 79.9. The number of carbonyl (C=O) groups is 1. The standard InChI is InChI=1S/C18H17BrN2O3/c1-3-23-17-9-13(10-20)5-7-16(17)24-11-18(22)21-15-6-4-12(2)8-14(15)19/h4-9H,3,11H2,1-2H3,(H,21,22). The van der Waals surface area contributed by atoms with Gasteiger partial charge in [-0.25, -0.2) is 0 Å². The van der Waals surface area contributed by atoms with Gasteiger partial charge in [-0.15, -0.1) is 0 Å². The molecule has 1 amide bonds. The molecule has 2 rings (SSSR count). The van der Waals surface area contributed by atoms with E-state index in [-0.39, 0.29) is 12.5 Å². The van der Waals surface area contributed by atoms with Crippen LogP contribution in [-0.4, -0.2) is 19.1 Å². The molecule has 0 fully saturated rings. The summed E-state index contributed by atoms with van der Waals surface area (Å²) in [6, 6.07) is 12.5. The minimum Gasteiger partial charge on any atom is -0.490 e. The number of ether oxygens (including phenoxy) is 2. The summed E-state index contributed by atoms with van der Waals surface area (Å²) in [5.41, 5.74) is 2.24. The van der Waals surface area contributed by atoms with Gasteiger partial charge in [0.2, 0.25) is 0 Å². The lowest BCUT2D eigenvalue weighted by molar-refractivity contribution is -0.118. The fourth-order valence-corrected chi connectivity index (χ4v) is 2.61. The number of nitrogens with one attached hydrogen (secondary N) is 1. The van der Waals surface area contributed by atoms with Crippen LogP contribution in [0.1, 0.15) is 18.1 Å². The molecule has 6 heteroatoms. The van der Waals surface area contributed by atoms with E-state index in [1.165, 1.54) is 0 Å². The van der Waals surface area contributed by atoms with Crippen LogP contribution in [-0.2, 0) is 4.79 Å². The molecule has 0 radical (unpaired) electrons. The van der Waals surface area contributed by atoms with Crippen molar-refractivity contribution < 1.29 is 14.3 Å². The second-order valence-electron chi connectivity index (χ2n) is 5.03. The maximum atomic E-state index is 12.1.